The van der Waals surface area contributed by atoms with Gasteiger partial charge in [-0.3, -0.25) is 19.4 Å². The molecule has 1 heterocycles. The Bertz CT molecular complexity index is 659. The smallest absolute Gasteiger partial charge is 0.332 e. The summed E-state index contributed by atoms with van der Waals surface area (Å²) < 4.78 is 0. The number of aryl methyl sites for hydroxylation is 1. The van der Waals surface area contributed by atoms with E-state index in [1.54, 1.807) is 11.8 Å². The van der Waals surface area contributed by atoms with Gasteiger partial charge in [0.05, 0.1) is 0 Å². The molecule has 1 aliphatic heterocycles. The first-order valence-electron chi connectivity index (χ1n) is 8.67. The summed E-state index contributed by atoms with van der Waals surface area (Å²) in [4.78, 5) is 42.2. The van der Waals surface area contributed by atoms with Gasteiger partial charge in [0, 0.05) is 17.8 Å². The molecular weight excluding hydrogens is 318 g/mol. The largest absolute Gasteiger partial charge is 0.336 e. The molecule has 0 aromatic heterocycles. The first-order chi connectivity index (χ1) is 11.6. The fourth-order valence-electron chi connectivity index (χ4n) is 3.30. The molecule has 6 nitrogen and oxygen atoms in total. The standard InChI is InChI=1S/C19H27N3O3/c1-12(2)21(13(3)4)17(23)11-20-18(24)15(6)22(19(20)25)16-9-7-14(5)8-10-16/h7-10,12-13,15H,11H2,1-6H3. The van der Waals surface area contributed by atoms with Gasteiger partial charge in [-0.1, -0.05) is 17.7 Å². The van der Waals surface area contributed by atoms with Crippen LogP contribution < -0.4 is 4.90 Å². The molecule has 1 aromatic carbocycles. The van der Waals surface area contributed by atoms with Gasteiger partial charge in [0.25, 0.3) is 5.91 Å². The van der Waals surface area contributed by atoms with Crippen molar-refractivity contribution in [2.75, 3.05) is 11.4 Å². The maximum Gasteiger partial charge on any atom is 0.332 e. The van der Waals surface area contributed by atoms with E-state index < -0.39 is 12.1 Å². The number of carbonyl (C=O) groups is 3. The molecule has 4 amide bonds. The highest BCUT2D eigenvalue weighted by Gasteiger charge is 2.44. The molecule has 0 saturated carbocycles. The van der Waals surface area contributed by atoms with E-state index in [1.807, 2.05) is 58.9 Å². The van der Waals surface area contributed by atoms with E-state index in [4.69, 9.17) is 0 Å². The molecule has 6 heteroatoms. The average Bonchev–Trinajstić information content (AvgIpc) is 2.71. The van der Waals surface area contributed by atoms with Crippen LogP contribution in [0.3, 0.4) is 0 Å². The molecular formula is C19H27N3O3. The lowest BCUT2D eigenvalue weighted by Crippen LogP contribution is -2.48. The minimum absolute atomic E-state index is 0.00549. The van der Waals surface area contributed by atoms with Crippen LogP contribution in [-0.4, -0.2) is 52.3 Å². The van der Waals surface area contributed by atoms with Crippen LogP contribution >= 0.6 is 0 Å². The van der Waals surface area contributed by atoms with Gasteiger partial charge < -0.3 is 4.90 Å². The number of nitrogens with zero attached hydrogens (tertiary/aromatic N) is 3. The van der Waals surface area contributed by atoms with Crippen LogP contribution in [-0.2, 0) is 9.59 Å². The molecule has 0 N–H and O–H groups in total. The second-order valence-electron chi connectivity index (χ2n) is 7.08. The average molecular weight is 345 g/mol. The predicted octanol–water partition coefficient (Wildman–Crippen LogP) is 2.80. The normalized spacial score (nSPS) is 17.8. The Morgan fingerprint density at radius 3 is 2.08 bits per heavy atom. The van der Waals surface area contributed by atoms with Crippen LogP contribution in [0.1, 0.15) is 40.2 Å². The summed E-state index contributed by atoms with van der Waals surface area (Å²) in [5, 5.41) is 0. The summed E-state index contributed by atoms with van der Waals surface area (Å²) >= 11 is 0. The Morgan fingerprint density at radius 2 is 1.60 bits per heavy atom. The third kappa shape index (κ3) is 3.67. The summed E-state index contributed by atoms with van der Waals surface area (Å²) in [6.07, 6.45) is 0. The Balaban J connectivity index is 2.22. The van der Waals surface area contributed by atoms with Crippen molar-refractivity contribution in [1.82, 2.24) is 9.80 Å². The van der Waals surface area contributed by atoms with Crippen LogP contribution in [0.15, 0.2) is 24.3 Å². The fourth-order valence-corrected chi connectivity index (χ4v) is 3.30. The quantitative estimate of drug-likeness (QED) is 0.771. The highest BCUT2D eigenvalue weighted by molar-refractivity contribution is 6.15. The minimum atomic E-state index is -0.616. The SMILES string of the molecule is Cc1ccc(N2C(=O)N(CC(=O)N(C(C)C)C(C)C)C(=O)C2C)cc1. The van der Waals surface area contributed by atoms with Gasteiger partial charge in [0.2, 0.25) is 5.91 Å². The second-order valence-corrected chi connectivity index (χ2v) is 7.08. The summed E-state index contributed by atoms with van der Waals surface area (Å²) in [5.41, 5.74) is 1.74. The van der Waals surface area contributed by atoms with Gasteiger partial charge in [0.15, 0.2) is 0 Å². The van der Waals surface area contributed by atoms with Crippen molar-refractivity contribution in [2.45, 2.75) is 59.7 Å². The van der Waals surface area contributed by atoms with Crippen molar-refractivity contribution in [3.63, 3.8) is 0 Å². The molecule has 0 bridgehead atoms. The molecule has 25 heavy (non-hydrogen) atoms. The molecule has 1 saturated heterocycles. The lowest BCUT2D eigenvalue weighted by Gasteiger charge is -2.31. The Hall–Kier alpha value is -2.37. The summed E-state index contributed by atoms with van der Waals surface area (Å²) in [6, 6.07) is 6.38. The number of urea groups is 1. The molecule has 1 fully saturated rings. The van der Waals surface area contributed by atoms with Crippen molar-refractivity contribution < 1.29 is 14.4 Å². The topological polar surface area (TPSA) is 60.9 Å². The van der Waals surface area contributed by atoms with Crippen LogP contribution in [0.2, 0.25) is 0 Å². The number of benzene rings is 1. The Kier molecular flexibility index (Phi) is 5.50. The van der Waals surface area contributed by atoms with Crippen molar-refractivity contribution in [3.05, 3.63) is 29.8 Å². The molecule has 1 unspecified atom stereocenters. The number of amides is 4. The zero-order valence-electron chi connectivity index (χ0n) is 15.8. The maximum atomic E-state index is 12.8. The number of rotatable bonds is 5. The van der Waals surface area contributed by atoms with E-state index in [0.29, 0.717) is 5.69 Å². The summed E-state index contributed by atoms with van der Waals surface area (Å²) in [7, 11) is 0. The van der Waals surface area contributed by atoms with E-state index >= 15 is 0 Å². The van der Waals surface area contributed by atoms with E-state index in [0.717, 1.165) is 10.5 Å². The van der Waals surface area contributed by atoms with Gasteiger partial charge in [-0.2, -0.15) is 0 Å². The fraction of sp³-hybridized carbons (Fsp3) is 0.526. The monoisotopic (exact) mass is 345 g/mol. The van der Waals surface area contributed by atoms with Crippen LogP contribution in [0.5, 0.6) is 0 Å². The van der Waals surface area contributed by atoms with Crippen LogP contribution in [0.4, 0.5) is 10.5 Å². The van der Waals surface area contributed by atoms with Gasteiger partial charge in [-0.25, -0.2) is 4.79 Å². The predicted molar refractivity (Wildman–Crippen MR) is 97.3 cm³/mol. The first-order valence-corrected chi connectivity index (χ1v) is 8.67. The van der Waals surface area contributed by atoms with E-state index in [2.05, 4.69) is 0 Å². The highest BCUT2D eigenvalue weighted by atomic mass is 16.2. The zero-order chi connectivity index (χ0) is 18.9. The minimum Gasteiger partial charge on any atom is -0.336 e. The molecule has 1 aromatic rings. The van der Waals surface area contributed by atoms with E-state index in [1.165, 1.54) is 4.90 Å². The van der Waals surface area contributed by atoms with Crippen molar-refractivity contribution in [1.29, 1.82) is 0 Å². The lowest BCUT2D eigenvalue weighted by atomic mass is 10.2. The summed E-state index contributed by atoms with van der Waals surface area (Å²) in [6.45, 7) is 11.1. The molecule has 1 aliphatic rings. The Morgan fingerprint density at radius 1 is 1.08 bits per heavy atom. The van der Waals surface area contributed by atoms with Crippen molar-refractivity contribution >= 4 is 23.5 Å². The first kappa shape index (κ1) is 19.0. The van der Waals surface area contributed by atoms with Gasteiger partial charge in [-0.05, 0) is 53.7 Å². The molecule has 0 radical (unpaired) electrons. The van der Waals surface area contributed by atoms with Crippen LogP contribution in [0, 0.1) is 6.92 Å². The maximum absolute atomic E-state index is 12.8. The number of imide groups is 1. The number of hydrogen-bond donors (Lipinski definition) is 0. The third-order valence-corrected chi connectivity index (χ3v) is 4.45. The van der Waals surface area contributed by atoms with Gasteiger partial charge >= 0.3 is 6.03 Å². The zero-order valence-corrected chi connectivity index (χ0v) is 15.8. The second kappa shape index (κ2) is 7.25. The summed E-state index contributed by atoms with van der Waals surface area (Å²) in [5.74, 6) is -0.559. The number of carbonyl (C=O) groups excluding carboxylic acids is 3. The van der Waals surface area contributed by atoms with E-state index in [-0.39, 0.29) is 30.4 Å². The molecule has 0 spiro atoms. The number of anilines is 1. The third-order valence-electron chi connectivity index (χ3n) is 4.45. The van der Waals surface area contributed by atoms with E-state index in [9.17, 15) is 14.4 Å². The van der Waals surface area contributed by atoms with Crippen LogP contribution in [0.25, 0.3) is 0 Å². The molecule has 1 atom stereocenters. The molecule has 136 valence electrons. The number of hydrogen-bond acceptors (Lipinski definition) is 3. The highest BCUT2D eigenvalue weighted by Crippen LogP contribution is 2.26. The van der Waals surface area contributed by atoms with Crippen molar-refractivity contribution in [2.24, 2.45) is 0 Å². The molecule has 0 aliphatic carbocycles. The molecule has 2 rings (SSSR count). The van der Waals surface area contributed by atoms with Gasteiger partial charge in [0.1, 0.15) is 12.6 Å². The van der Waals surface area contributed by atoms with Crippen molar-refractivity contribution in [3.8, 4) is 0 Å². The Labute approximate surface area is 149 Å². The van der Waals surface area contributed by atoms with Gasteiger partial charge in [-0.15, -0.1) is 0 Å². The lowest BCUT2D eigenvalue weighted by molar-refractivity contribution is -0.139.